The van der Waals surface area contributed by atoms with Crippen LogP contribution >= 0.6 is 0 Å². The Hall–Kier alpha value is -4.08. The van der Waals surface area contributed by atoms with Crippen LogP contribution in [0.15, 0.2) is 48.8 Å². The van der Waals surface area contributed by atoms with Gasteiger partial charge in [-0.2, -0.15) is 0 Å². The summed E-state index contributed by atoms with van der Waals surface area (Å²) in [5, 5.41) is 14.3. The van der Waals surface area contributed by atoms with E-state index < -0.39 is 10.8 Å². The van der Waals surface area contributed by atoms with Crippen molar-refractivity contribution in [1.29, 1.82) is 0 Å². The van der Waals surface area contributed by atoms with E-state index in [0.717, 1.165) is 18.7 Å². The fourth-order valence-corrected chi connectivity index (χ4v) is 3.03. The van der Waals surface area contributed by atoms with Crippen LogP contribution < -0.4 is 19.5 Å². The number of nitro benzene ring substituents is 1. The summed E-state index contributed by atoms with van der Waals surface area (Å²) in [5.74, 6) is 1.45. The number of ether oxygens (including phenoxy) is 3. The number of imidazole rings is 1. The van der Waals surface area contributed by atoms with E-state index in [9.17, 15) is 14.9 Å². The SMILES string of the molecule is CCCOc1cc(NC(=O)c2ccc(OCc3nccn3C)cc2)c([N+](=O)[O-])cc1OCCC. The van der Waals surface area contributed by atoms with Gasteiger partial charge in [-0.3, -0.25) is 14.9 Å². The summed E-state index contributed by atoms with van der Waals surface area (Å²) in [5.41, 5.74) is 0.0689. The minimum Gasteiger partial charge on any atom is -0.490 e. The molecule has 0 aliphatic heterocycles. The van der Waals surface area contributed by atoms with Crippen molar-refractivity contribution in [1.82, 2.24) is 9.55 Å². The number of carbonyl (C=O) groups is 1. The molecule has 34 heavy (non-hydrogen) atoms. The highest BCUT2D eigenvalue weighted by atomic mass is 16.6. The van der Waals surface area contributed by atoms with Crippen LogP contribution in [0.5, 0.6) is 17.2 Å². The molecule has 1 amide bonds. The van der Waals surface area contributed by atoms with Crippen LogP contribution in [0.1, 0.15) is 42.9 Å². The smallest absolute Gasteiger partial charge is 0.296 e. The fourth-order valence-electron chi connectivity index (χ4n) is 3.03. The zero-order valence-corrected chi connectivity index (χ0v) is 19.4. The average molecular weight is 469 g/mol. The van der Waals surface area contributed by atoms with E-state index in [1.54, 1.807) is 30.5 Å². The van der Waals surface area contributed by atoms with Gasteiger partial charge in [0, 0.05) is 31.1 Å². The topological polar surface area (TPSA) is 118 Å². The zero-order valence-electron chi connectivity index (χ0n) is 19.4. The molecule has 0 unspecified atom stereocenters. The van der Waals surface area contributed by atoms with Gasteiger partial charge in [-0.15, -0.1) is 0 Å². The first-order valence-electron chi connectivity index (χ1n) is 11.0. The Morgan fingerprint density at radius 2 is 1.71 bits per heavy atom. The normalized spacial score (nSPS) is 10.6. The van der Waals surface area contributed by atoms with Crippen LogP contribution in [-0.2, 0) is 13.7 Å². The largest absolute Gasteiger partial charge is 0.490 e. The van der Waals surface area contributed by atoms with Gasteiger partial charge in [-0.1, -0.05) is 13.8 Å². The van der Waals surface area contributed by atoms with Crippen molar-refractivity contribution in [2.24, 2.45) is 7.05 Å². The predicted molar refractivity (Wildman–Crippen MR) is 127 cm³/mol. The molecule has 3 aromatic rings. The van der Waals surface area contributed by atoms with Crippen molar-refractivity contribution in [3.63, 3.8) is 0 Å². The number of nitrogens with one attached hydrogen (secondary N) is 1. The molecular formula is C24H28N4O6. The molecule has 180 valence electrons. The third kappa shape index (κ3) is 6.25. The van der Waals surface area contributed by atoms with E-state index >= 15 is 0 Å². The standard InChI is InChI=1S/C24H28N4O6/c1-4-12-32-21-14-19(20(28(30)31)15-22(21)33-13-5-2)26-24(29)17-6-8-18(9-7-17)34-16-23-25-10-11-27(23)3/h6-11,14-15H,4-5,12-13,16H2,1-3H3,(H,26,29). The lowest BCUT2D eigenvalue weighted by Gasteiger charge is -2.14. The van der Waals surface area contributed by atoms with Gasteiger partial charge in [0.15, 0.2) is 11.5 Å². The van der Waals surface area contributed by atoms with E-state index in [0.29, 0.717) is 30.3 Å². The summed E-state index contributed by atoms with van der Waals surface area (Å²) in [4.78, 5) is 28.1. The summed E-state index contributed by atoms with van der Waals surface area (Å²) in [7, 11) is 1.87. The molecule has 0 fully saturated rings. The van der Waals surface area contributed by atoms with Gasteiger partial charge in [0.1, 0.15) is 23.9 Å². The van der Waals surface area contributed by atoms with Crippen molar-refractivity contribution in [2.45, 2.75) is 33.3 Å². The first-order chi connectivity index (χ1) is 16.4. The zero-order chi connectivity index (χ0) is 24.5. The minimum absolute atomic E-state index is 0.0278. The highest BCUT2D eigenvalue weighted by Crippen LogP contribution is 2.38. The monoisotopic (exact) mass is 468 g/mol. The van der Waals surface area contributed by atoms with E-state index in [4.69, 9.17) is 14.2 Å². The molecule has 0 spiro atoms. The van der Waals surface area contributed by atoms with Crippen molar-refractivity contribution in [2.75, 3.05) is 18.5 Å². The Morgan fingerprint density at radius 3 is 2.26 bits per heavy atom. The summed E-state index contributed by atoms with van der Waals surface area (Å²) >= 11 is 0. The second kappa shape index (κ2) is 11.7. The second-order valence-electron chi connectivity index (χ2n) is 7.49. The number of benzene rings is 2. The summed E-state index contributed by atoms with van der Waals surface area (Å²) in [6.07, 6.45) is 5.00. The maximum Gasteiger partial charge on any atom is 0.296 e. The number of aromatic nitrogens is 2. The molecule has 0 radical (unpaired) electrons. The molecular weight excluding hydrogens is 440 g/mol. The number of carbonyl (C=O) groups excluding carboxylic acids is 1. The number of nitro groups is 1. The number of anilines is 1. The third-order valence-electron chi connectivity index (χ3n) is 4.84. The van der Waals surface area contributed by atoms with Crippen LogP contribution in [0.25, 0.3) is 0 Å². The Morgan fingerprint density at radius 1 is 1.06 bits per heavy atom. The molecule has 3 rings (SSSR count). The Labute approximate surface area is 197 Å². The molecule has 0 saturated heterocycles. The lowest BCUT2D eigenvalue weighted by molar-refractivity contribution is -0.384. The lowest BCUT2D eigenvalue weighted by atomic mass is 10.2. The maximum absolute atomic E-state index is 12.8. The molecule has 1 N–H and O–H groups in total. The molecule has 0 atom stereocenters. The molecule has 1 aromatic heterocycles. The Balaban J connectivity index is 1.76. The maximum atomic E-state index is 12.8. The first-order valence-corrected chi connectivity index (χ1v) is 11.0. The summed E-state index contributed by atoms with van der Waals surface area (Å²) in [6.45, 7) is 4.97. The first kappa shape index (κ1) is 24.6. The van der Waals surface area contributed by atoms with E-state index in [-0.39, 0.29) is 23.7 Å². The van der Waals surface area contributed by atoms with Crippen LogP contribution in [0, 0.1) is 10.1 Å². The number of aryl methyl sites for hydroxylation is 1. The lowest BCUT2D eigenvalue weighted by Crippen LogP contribution is -2.14. The number of hydrogen-bond donors (Lipinski definition) is 1. The van der Waals surface area contributed by atoms with Gasteiger partial charge in [-0.25, -0.2) is 4.98 Å². The fraction of sp³-hybridized carbons (Fsp3) is 0.333. The summed E-state index contributed by atoms with van der Waals surface area (Å²) in [6, 6.07) is 9.20. The van der Waals surface area contributed by atoms with Crippen LogP contribution in [0.3, 0.4) is 0 Å². The quantitative estimate of drug-likeness (QED) is 0.301. The van der Waals surface area contributed by atoms with Gasteiger partial charge in [0.05, 0.1) is 24.2 Å². The third-order valence-corrected chi connectivity index (χ3v) is 4.84. The van der Waals surface area contributed by atoms with Crippen LogP contribution in [0.2, 0.25) is 0 Å². The molecule has 10 heteroatoms. The summed E-state index contributed by atoms with van der Waals surface area (Å²) < 4.78 is 18.9. The second-order valence-corrected chi connectivity index (χ2v) is 7.49. The van der Waals surface area contributed by atoms with E-state index in [1.807, 2.05) is 31.7 Å². The van der Waals surface area contributed by atoms with E-state index in [1.165, 1.54) is 12.1 Å². The van der Waals surface area contributed by atoms with Gasteiger partial charge in [0.2, 0.25) is 0 Å². The Kier molecular flexibility index (Phi) is 8.44. The van der Waals surface area contributed by atoms with Crippen LogP contribution in [-0.4, -0.2) is 33.6 Å². The molecule has 10 nitrogen and oxygen atoms in total. The highest BCUT2D eigenvalue weighted by molar-refractivity contribution is 6.05. The van der Waals surface area contributed by atoms with Crippen LogP contribution in [0.4, 0.5) is 11.4 Å². The molecule has 2 aromatic carbocycles. The van der Waals surface area contributed by atoms with Gasteiger partial charge >= 0.3 is 0 Å². The number of rotatable bonds is 12. The van der Waals surface area contributed by atoms with E-state index in [2.05, 4.69) is 10.3 Å². The van der Waals surface area contributed by atoms with Crippen molar-refractivity contribution >= 4 is 17.3 Å². The van der Waals surface area contributed by atoms with Crippen molar-refractivity contribution in [3.05, 3.63) is 70.3 Å². The van der Waals surface area contributed by atoms with Gasteiger partial charge in [-0.05, 0) is 37.1 Å². The van der Waals surface area contributed by atoms with Crippen molar-refractivity contribution < 1.29 is 23.9 Å². The molecule has 0 bridgehead atoms. The molecule has 0 aliphatic rings. The molecule has 1 heterocycles. The molecule has 0 saturated carbocycles. The number of hydrogen-bond acceptors (Lipinski definition) is 7. The van der Waals surface area contributed by atoms with Crippen molar-refractivity contribution in [3.8, 4) is 17.2 Å². The average Bonchev–Trinajstić information content (AvgIpc) is 3.25. The molecule has 0 aliphatic carbocycles. The van der Waals surface area contributed by atoms with Gasteiger partial charge in [0.25, 0.3) is 11.6 Å². The number of nitrogens with zero attached hydrogens (tertiary/aromatic N) is 3. The highest BCUT2D eigenvalue weighted by Gasteiger charge is 2.22. The number of amides is 1. The van der Waals surface area contributed by atoms with Gasteiger partial charge < -0.3 is 24.1 Å². The Bertz CT molecular complexity index is 1130. The predicted octanol–water partition coefficient (Wildman–Crippen LogP) is 4.74. The minimum atomic E-state index is -0.563.